The number of carbonyl (C=O) groups excluding carboxylic acids is 4. The molecule has 0 saturated heterocycles. The number of aliphatic hydroxyl groups is 3. The van der Waals surface area contributed by atoms with Gasteiger partial charge in [0.2, 0.25) is 5.91 Å². The van der Waals surface area contributed by atoms with E-state index in [1.54, 1.807) is 0 Å². The smallest absolute Gasteiger partial charge is 0.314 e. The van der Waals surface area contributed by atoms with E-state index in [9.17, 15) is 34.5 Å². The lowest BCUT2D eigenvalue weighted by atomic mass is 10.0. The van der Waals surface area contributed by atoms with Crippen molar-refractivity contribution in [3.05, 3.63) is 11.5 Å². The molecule has 2 unspecified atom stereocenters. The zero-order valence-electron chi connectivity index (χ0n) is 49.9. The van der Waals surface area contributed by atoms with E-state index in [1.165, 1.54) is 155 Å². The molecule has 0 radical (unpaired) electrons. The highest BCUT2D eigenvalue weighted by Crippen LogP contribution is 2.22. The molecule has 0 aliphatic carbocycles. The largest absolute Gasteiger partial charge is 0.462 e. The van der Waals surface area contributed by atoms with Gasteiger partial charge in [0, 0.05) is 20.0 Å². The molecule has 0 heterocycles. The van der Waals surface area contributed by atoms with Gasteiger partial charge in [0.25, 0.3) is 0 Å². The molecular formula is C63H119NO12. The molecule has 0 spiro atoms. The summed E-state index contributed by atoms with van der Waals surface area (Å²) in [5.74, 6) is -2.64. The van der Waals surface area contributed by atoms with Crippen molar-refractivity contribution < 1.29 is 58.2 Å². The minimum atomic E-state index is -1.93. The van der Waals surface area contributed by atoms with Gasteiger partial charge < -0.3 is 44.3 Å². The van der Waals surface area contributed by atoms with E-state index < -0.39 is 60.6 Å². The molecular weight excluding hydrogens is 963 g/mol. The van der Waals surface area contributed by atoms with Crippen LogP contribution in [-0.4, -0.2) is 90.2 Å². The highest BCUT2D eigenvalue weighted by Gasteiger charge is 2.28. The zero-order valence-corrected chi connectivity index (χ0v) is 49.9. The van der Waals surface area contributed by atoms with E-state index in [4.69, 9.17) is 23.7 Å². The third-order valence-electron chi connectivity index (χ3n) is 14.6. The average Bonchev–Trinajstić information content (AvgIpc) is 3.39. The van der Waals surface area contributed by atoms with Gasteiger partial charge in [0.15, 0.2) is 12.0 Å². The number of ether oxygens (including phenoxy) is 5. The van der Waals surface area contributed by atoms with Crippen LogP contribution in [-0.2, 0) is 42.9 Å². The molecule has 0 rings (SSSR count). The van der Waals surface area contributed by atoms with Crippen LogP contribution in [0, 0.1) is 0 Å². The molecule has 0 aliphatic rings. The van der Waals surface area contributed by atoms with Crippen LogP contribution in [0.2, 0.25) is 0 Å². The summed E-state index contributed by atoms with van der Waals surface area (Å²) in [5.41, 5.74) is -0.409. The Bertz CT molecular complexity index is 1390. The van der Waals surface area contributed by atoms with Crippen LogP contribution in [0.25, 0.3) is 0 Å². The SMILES string of the molecule is CCCCCCCCCCCCCC(=O)O[C@H](CCCCCCCCCCC)CC(=O)O/C(CO)=C(/NC(=O)C[C@@H](CCCCCCCCCCC)OC(=O)CCCCCCCCCCC)C(O)OCC(OC)[C@H](C)O. The fraction of sp³-hybridized carbons (Fsp3) is 0.905. The van der Waals surface area contributed by atoms with E-state index in [2.05, 4.69) is 33.0 Å². The molecule has 13 heteroatoms. The fourth-order valence-electron chi connectivity index (χ4n) is 9.66. The number of unbranched alkanes of at least 4 members (excludes halogenated alkanes) is 34. The molecule has 4 N–H and O–H groups in total. The second-order valence-corrected chi connectivity index (χ2v) is 21.9. The normalized spacial score (nSPS) is 13.9. The molecule has 0 fully saturated rings. The average molecular weight is 1080 g/mol. The quantitative estimate of drug-likeness (QED) is 0.0149. The first-order chi connectivity index (χ1) is 36.9. The third-order valence-corrected chi connectivity index (χ3v) is 14.6. The Labute approximate surface area is 465 Å². The summed E-state index contributed by atoms with van der Waals surface area (Å²) in [4.78, 5) is 54.2. The van der Waals surface area contributed by atoms with Crippen LogP contribution in [0.15, 0.2) is 11.5 Å². The minimum Gasteiger partial charge on any atom is -0.462 e. The lowest BCUT2D eigenvalue weighted by molar-refractivity contribution is -0.156. The van der Waals surface area contributed by atoms with Crippen molar-refractivity contribution in [2.24, 2.45) is 0 Å². The van der Waals surface area contributed by atoms with Crippen LogP contribution in [0.4, 0.5) is 0 Å². The first-order valence-electron chi connectivity index (χ1n) is 31.7. The van der Waals surface area contributed by atoms with Crippen molar-refractivity contribution in [1.29, 1.82) is 0 Å². The molecule has 76 heavy (non-hydrogen) atoms. The maximum Gasteiger partial charge on any atom is 0.314 e. The predicted molar refractivity (Wildman–Crippen MR) is 308 cm³/mol. The fourth-order valence-corrected chi connectivity index (χ4v) is 9.66. The van der Waals surface area contributed by atoms with Gasteiger partial charge >= 0.3 is 17.9 Å². The topological polar surface area (TPSA) is 187 Å². The summed E-state index contributed by atoms with van der Waals surface area (Å²) in [5, 5.41) is 35.0. The van der Waals surface area contributed by atoms with Gasteiger partial charge in [-0.2, -0.15) is 0 Å². The molecule has 0 aromatic rings. The lowest BCUT2D eigenvalue weighted by Crippen LogP contribution is -2.39. The van der Waals surface area contributed by atoms with Gasteiger partial charge in [-0.05, 0) is 45.4 Å². The Hall–Kier alpha value is -2.58. The second kappa shape index (κ2) is 54.4. The standard InChI is InChI=1S/C63H119NO12/c1-7-11-15-19-23-27-28-32-36-40-44-48-60(69)75-55(46-42-38-34-30-25-21-17-13-9-3)50-61(70)76-56(51-65)62(63(71)73-52-57(72-6)53(5)66)64-58(67)49-54(45-41-37-33-29-24-20-16-12-8-2)74-59(68)47-43-39-35-31-26-22-18-14-10-4/h53-55,57,63,65-66,71H,7-52H2,1-6H3,(H,64,67)/b62-56+/t53-,54+,55+,57?,63?/m0/s1. The maximum atomic E-state index is 14.0. The Morgan fingerprint density at radius 1 is 0.447 bits per heavy atom. The first-order valence-corrected chi connectivity index (χ1v) is 31.7. The number of methoxy groups -OCH3 is 1. The summed E-state index contributed by atoms with van der Waals surface area (Å²) in [6.45, 7) is 9.16. The summed E-state index contributed by atoms with van der Waals surface area (Å²) in [6.07, 6.45) is 38.4. The number of amides is 1. The summed E-state index contributed by atoms with van der Waals surface area (Å²) in [7, 11) is 1.38. The van der Waals surface area contributed by atoms with E-state index in [0.29, 0.717) is 25.7 Å². The zero-order chi connectivity index (χ0) is 56.1. The van der Waals surface area contributed by atoms with Gasteiger partial charge in [0.1, 0.15) is 30.6 Å². The number of aliphatic hydroxyl groups excluding tert-OH is 3. The minimum absolute atomic E-state index is 0.242. The van der Waals surface area contributed by atoms with Gasteiger partial charge in [-0.1, -0.05) is 246 Å². The van der Waals surface area contributed by atoms with Crippen molar-refractivity contribution >= 4 is 23.8 Å². The number of hydrogen-bond donors (Lipinski definition) is 4. The number of rotatable bonds is 57. The van der Waals surface area contributed by atoms with Crippen LogP contribution < -0.4 is 5.32 Å². The van der Waals surface area contributed by atoms with Gasteiger partial charge in [0.05, 0.1) is 25.6 Å². The van der Waals surface area contributed by atoms with Gasteiger partial charge in [-0.25, -0.2) is 0 Å². The highest BCUT2D eigenvalue weighted by molar-refractivity contribution is 5.79. The van der Waals surface area contributed by atoms with Crippen molar-refractivity contribution in [3.63, 3.8) is 0 Å². The predicted octanol–water partition coefficient (Wildman–Crippen LogP) is 15.6. The van der Waals surface area contributed by atoms with Crippen molar-refractivity contribution in [3.8, 4) is 0 Å². The van der Waals surface area contributed by atoms with Crippen molar-refractivity contribution in [2.45, 2.75) is 348 Å². The van der Waals surface area contributed by atoms with Gasteiger partial charge in [-0.3, -0.25) is 19.2 Å². The van der Waals surface area contributed by atoms with Gasteiger partial charge in [-0.15, -0.1) is 0 Å². The third kappa shape index (κ3) is 45.3. The number of carbonyl (C=O) groups is 4. The molecule has 0 aliphatic heterocycles. The Morgan fingerprint density at radius 3 is 1.11 bits per heavy atom. The van der Waals surface area contributed by atoms with Crippen LogP contribution in [0.5, 0.6) is 0 Å². The Kier molecular flexibility index (Phi) is 52.5. The first kappa shape index (κ1) is 73.4. The van der Waals surface area contributed by atoms with Crippen molar-refractivity contribution in [1.82, 2.24) is 5.32 Å². The molecule has 448 valence electrons. The van der Waals surface area contributed by atoms with Crippen LogP contribution in [0.1, 0.15) is 317 Å². The molecule has 13 nitrogen and oxygen atoms in total. The van der Waals surface area contributed by atoms with E-state index in [-0.39, 0.29) is 44.2 Å². The van der Waals surface area contributed by atoms with Crippen LogP contribution >= 0.6 is 0 Å². The molecule has 5 atom stereocenters. The summed E-state index contributed by atoms with van der Waals surface area (Å²) in [6, 6.07) is 0. The van der Waals surface area contributed by atoms with E-state index in [1.807, 2.05) is 0 Å². The highest BCUT2D eigenvalue weighted by atomic mass is 16.6. The van der Waals surface area contributed by atoms with Crippen molar-refractivity contribution in [2.75, 3.05) is 20.3 Å². The second-order valence-electron chi connectivity index (χ2n) is 21.9. The van der Waals surface area contributed by atoms with Crippen LogP contribution in [0.3, 0.4) is 0 Å². The monoisotopic (exact) mass is 1080 g/mol. The number of hydrogen-bond acceptors (Lipinski definition) is 12. The Balaban J connectivity index is 6.14. The summed E-state index contributed by atoms with van der Waals surface area (Å²) < 4.78 is 28.6. The van der Waals surface area contributed by atoms with E-state index in [0.717, 1.165) is 89.9 Å². The lowest BCUT2D eigenvalue weighted by Gasteiger charge is -2.24. The molecule has 1 amide bonds. The number of nitrogens with one attached hydrogen (secondary N) is 1. The number of esters is 3. The molecule has 0 saturated carbocycles. The molecule has 0 aromatic carbocycles. The molecule has 0 bridgehead atoms. The molecule has 0 aromatic heterocycles. The summed E-state index contributed by atoms with van der Waals surface area (Å²) >= 11 is 0. The maximum absolute atomic E-state index is 14.0. The van der Waals surface area contributed by atoms with E-state index >= 15 is 0 Å². The Morgan fingerprint density at radius 2 is 0.776 bits per heavy atom.